The van der Waals surface area contributed by atoms with E-state index in [2.05, 4.69) is 19.2 Å². The van der Waals surface area contributed by atoms with Crippen LogP contribution in [0.1, 0.15) is 45.7 Å². The molecule has 3 aliphatic rings. The number of aryl methyl sites for hydroxylation is 1. The van der Waals surface area contributed by atoms with E-state index in [0.717, 1.165) is 16.8 Å². The first-order chi connectivity index (χ1) is 12.5. The Bertz CT molecular complexity index is 870. The van der Waals surface area contributed by atoms with Crippen molar-refractivity contribution >= 4 is 23.4 Å². The van der Waals surface area contributed by atoms with Crippen LogP contribution in [0.5, 0.6) is 0 Å². The van der Waals surface area contributed by atoms with Gasteiger partial charge in [0.25, 0.3) is 5.91 Å². The molecule has 0 aromatic heterocycles. The van der Waals surface area contributed by atoms with Gasteiger partial charge in [0.15, 0.2) is 0 Å². The number of quaternary nitrogens is 1. The molecule has 0 saturated carbocycles. The molecule has 4 rings (SSSR count). The number of carbonyl (C=O) groups excluding carboxylic acids is 3. The average molecular weight is 370 g/mol. The highest BCUT2D eigenvalue weighted by Crippen LogP contribution is 2.51. The van der Waals surface area contributed by atoms with E-state index in [1.807, 2.05) is 51.2 Å². The summed E-state index contributed by atoms with van der Waals surface area (Å²) in [7, 11) is 0. The fraction of sp³-hybridized carbons (Fsp3) is 0.571. The van der Waals surface area contributed by atoms with Gasteiger partial charge in [-0.25, -0.2) is 0 Å². The number of nitrogens with zero attached hydrogens (tertiary/aromatic N) is 1. The predicted octanol–water partition coefficient (Wildman–Crippen LogP) is 1.14. The van der Waals surface area contributed by atoms with Crippen molar-refractivity contribution in [2.45, 2.75) is 58.7 Å². The standard InChI is InChI=1S/C21H27N3O3/c1-10(2)15-13-14(18(26)24(17(13)25)20(4,5)6)21(23-15)12-9-7-8-11(3)16(12)22-19(21)27/h7-10,13-15,23H,1-6H3,(H,22,27)/p+1/t13-,14-,15+,21-/m0/s1. The first-order valence-corrected chi connectivity index (χ1v) is 9.67. The van der Waals surface area contributed by atoms with Gasteiger partial charge in [-0.3, -0.25) is 19.3 Å². The van der Waals surface area contributed by atoms with Crippen LogP contribution in [0, 0.1) is 24.7 Å². The molecule has 3 heterocycles. The molecule has 1 aromatic carbocycles. The fourth-order valence-corrected chi connectivity index (χ4v) is 5.33. The summed E-state index contributed by atoms with van der Waals surface area (Å²) < 4.78 is 0. The van der Waals surface area contributed by atoms with Gasteiger partial charge < -0.3 is 10.6 Å². The second-order valence-corrected chi connectivity index (χ2v) is 9.49. The Hall–Kier alpha value is -2.21. The highest BCUT2D eigenvalue weighted by atomic mass is 16.2. The molecule has 0 radical (unpaired) electrons. The molecule has 4 atom stereocenters. The largest absolute Gasteiger partial charge is 0.326 e. The van der Waals surface area contributed by atoms with Crippen LogP contribution >= 0.6 is 0 Å². The Morgan fingerprint density at radius 1 is 1.15 bits per heavy atom. The molecule has 0 bridgehead atoms. The van der Waals surface area contributed by atoms with Crippen LogP contribution in [0.3, 0.4) is 0 Å². The van der Waals surface area contributed by atoms with E-state index < -0.39 is 22.9 Å². The van der Waals surface area contributed by atoms with Crippen molar-refractivity contribution < 1.29 is 19.7 Å². The lowest BCUT2D eigenvalue weighted by molar-refractivity contribution is -0.738. The van der Waals surface area contributed by atoms with Gasteiger partial charge in [-0.05, 0) is 33.3 Å². The van der Waals surface area contributed by atoms with Crippen LogP contribution in [0.15, 0.2) is 18.2 Å². The molecule has 3 amide bonds. The van der Waals surface area contributed by atoms with Gasteiger partial charge in [-0.1, -0.05) is 32.0 Å². The lowest BCUT2D eigenvalue weighted by Crippen LogP contribution is -2.99. The Morgan fingerprint density at radius 3 is 2.41 bits per heavy atom. The van der Waals surface area contributed by atoms with Crippen molar-refractivity contribution in [2.24, 2.45) is 17.8 Å². The zero-order valence-electron chi connectivity index (χ0n) is 16.8. The van der Waals surface area contributed by atoms with Crippen molar-refractivity contribution in [2.75, 3.05) is 5.32 Å². The number of fused-ring (bicyclic) bond motifs is 4. The molecule has 2 fully saturated rings. The number of nitrogens with one attached hydrogen (secondary N) is 1. The van der Waals surface area contributed by atoms with Gasteiger partial charge in [0, 0.05) is 17.0 Å². The molecule has 0 aliphatic carbocycles. The number of para-hydroxylation sites is 1. The van der Waals surface area contributed by atoms with Gasteiger partial charge in [0.2, 0.25) is 17.4 Å². The van der Waals surface area contributed by atoms with Gasteiger partial charge in [0.1, 0.15) is 17.9 Å². The van der Waals surface area contributed by atoms with Crippen molar-refractivity contribution in [1.29, 1.82) is 0 Å². The first kappa shape index (κ1) is 18.2. The molecule has 6 nitrogen and oxygen atoms in total. The van der Waals surface area contributed by atoms with E-state index in [1.54, 1.807) is 0 Å². The van der Waals surface area contributed by atoms with E-state index in [9.17, 15) is 14.4 Å². The topological polar surface area (TPSA) is 83.1 Å². The molecule has 3 aliphatic heterocycles. The van der Waals surface area contributed by atoms with Crippen molar-refractivity contribution in [3.8, 4) is 0 Å². The van der Waals surface area contributed by atoms with Crippen LogP contribution < -0.4 is 10.6 Å². The van der Waals surface area contributed by atoms with Crippen LogP contribution in [0.2, 0.25) is 0 Å². The molecule has 1 spiro atoms. The molecule has 144 valence electrons. The summed E-state index contributed by atoms with van der Waals surface area (Å²) in [5, 5.41) is 5.01. The number of rotatable bonds is 1. The van der Waals surface area contributed by atoms with Gasteiger partial charge >= 0.3 is 0 Å². The van der Waals surface area contributed by atoms with E-state index in [0.29, 0.717) is 0 Å². The number of amides is 3. The quantitative estimate of drug-likeness (QED) is 0.728. The second-order valence-electron chi connectivity index (χ2n) is 9.49. The Balaban J connectivity index is 1.95. The lowest BCUT2D eigenvalue weighted by atomic mass is 9.75. The van der Waals surface area contributed by atoms with Gasteiger partial charge in [-0.2, -0.15) is 0 Å². The zero-order valence-corrected chi connectivity index (χ0v) is 16.8. The first-order valence-electron chi connectivity index (χ1n) is 9.67. The zero-order chi connectivity index (χ0) is 19.9. The summed E-state index contributed by atoms with van der Waals surface area (Å²) in [5.74, 6) is -1.52. The maximum absolute atomic E-state index is 13.5. The summed E-state index contributed by atoms with van der Waals surface area (Å²) in [5.41, 5.74) is 0.929. The molecule has 6 heteroatoms. The fourth-order valence-electron chi connectivity index (χ4n) is 5.33. The number of hydrogen-bond donors (Lipinski definition) is 2. The van der Waals surface area contributed by atoms with Gasteiger partial charge in [-0.15, -0.1) is 0 Å². The minimum absolute atomic E-state index is 0.115. The monoisotopic (exact) mass is 370 g/mol. The summed E-state index contributed by atoms with van der Waals surface area (Å²) >= 11 is 0. The number of imide groups is 1. The number of nitrogens with two attached hydrogens (primary N) is 1. The van der Waals surface area contributed by atoms with E-state index in [1.165, 1.54) is 4.90 Å². The van der Waals surface area contributed by atoms with Crippen LogP contribution in [-0.4, -0.2) is 34.2 Å². The van der Waals surface area contributed by atoms with E-state index in [-0.39, 0.29) is 29.7 Å². The minimum atomic E-state index is -1.06. The maximum atomic E-state index is 13.5. The molecule has 0 unspecified atom stereocenters. The SMILES string of the molecule is Cc1cccc2c1NC(=O)[C@]21[NH2+][C@H](C(C)C)[C@H]2C(=O)N(C(C)(C)C)C(=O)[C@H]21. The summed E-state index contributed by atoms with van der Waals surface area (Å²) in [6, 6.07) is 5.68. The third kappa shape index (κ3) is 2.13. The number of benzene rings is 1. The second kappa shape index (κ2) is 5.41. The number of likely N-dealkylation sites (tertiary alicyclic amines) is 1. The highest BCUT2D eigenvalue weighted by Gasteiger charge is 2.75. The van der Waals surface area contributed by atoms with E-state index in [4.69, 9.17) is 0 Å². The number of carbonyl (C=O) groups is 3. The molecular formula is C21H28N3O3+. The van der Waals surface area contributed by atoms with Crippen molar-refractivity contribution in [3.63, 3.8) is 0 Å². The molecule has 3 N–H and O–H groups in total. The van der Waals surface area contributed by atoms with Crippen molar-refractivity contribution in [3.05, 3.63) is 29.3 Å². The third-order valence-corrected chi connectivity index (χ3v) is 6.49. The van der Waals surface area contributed by atoms with Crippen LogP contribution in [0.4, 0.5) is 5.69 Å². The lowest BCUT2D eigenvalue weighted by Gasteiger charge is -2.33. The number of hydrogen-bond acceptors (Lipinski definition) is 3. The molecular weight excluding hydrogens is 342 g/mol. The third-order valence-electron chi connectivity index (χ3n) is 6.49. The maximum Gasteiger partial charge on any atom is 0.291 e. The smallest absolute Gasteiger partial charge is 0.291 e. The summed E-state index contributed by atoms with van der Waals surface area (Å²) in [6.07, 6.45) is 0. The molecule has 27 heavy (non-hydrogen) atoms. The van der Waals surface area contributed by atoms with E-state index >= 15 is 0 Å². The highest BCUT2D eigenvalue weighted by molar-refractivity contribution is 6.14. The van der Waals surface area contributed by atoms with Crippen LogP contribution in [-0.2, 0) is 19.9 Å². The van der Waals surface area contributed by atoms with Crippen LogP contribution in [0.25, 0.3) is 0 Å². The Kier molecular flexibility index (Phi) is 3.64. The minimum Gasteiger partial charge on any atom is -0.326 e. The molecule has 1 aromatic rings. The summed E-state index contributed by atoms with van der Waals surface area (Å²) in [6.45, 7) is 11.7. The van der Waals surface area contributed by atoms with Crippen molar-refractivity contribution in [1.82, 2.24) is 4.90 Å². The average Bonchev–Trinajstić information content (AvgIpc) is 3.13. The Labute approximate surface area is 159 Å². The van der Waals surface area contributed by atoms with Gasteiger partial charge in [0.05, 0.1) is 5.69 Å². The normalized spacial score (nSPS) is 32.5. The predicted molar refractivity (Wildman–Crippen MR) is 101 cm³/mol. The Morgan fingerprint density at radius 2 is 1.81 bits per heavy atom. The number of anilines is 1. The molecule has 2 saturated heterocycles. The summed E-state index contributed by atoms with van der Waals surface area (Å²) in [4.78, 5) is 41.6.